The number of fused-ring (bicyclic) bond motifs is 9. The van der Waals surface area contributed by atoms with E-state index >= 15 is 0 Å². The summed E-state index contributed by atoms with van der Waals surface area (Å²) in [7, 11) is 0. The lowest BCUT2D eigenvalue weighted by Crippen LogP contribution is -2.11. The summed E-state index contributed by atoms with van der Waals surface area (Å²) in [6.45, 7) is 13.6. The molecule has 0 N–H and O–H groups in total. The van der Waals surface area contributed by atoms with Crippen molar-refractivity contribution in [1.82, 2.24) is 28.7 Å². The molecule has 6 nitrogen and oxygen atoms in total. The van der Waals surface area contributed by atoms with Gasteiger partial charge in [-0.3, -0.25) is 4.57 Å². The fourth-order valence-electron chi connectivity index (χ4n) is 9.96. The molecule has 0 saturated carbocycles. The van der Waals surface area contributed by atoms with Crippen molar-refractivity contribution >= 4 is 65.4 Å². The van der Waals surface area contributed by atoms with E-state index in [1.54, 1.807) is 0 Å². The maximum atomic E-state index is 5.54. The molecule has 65 heavy (non-hydrogen) atoms. The van der Waals surface area contributed by atoms with Crippen LogP contribution in [0.1, 0.15) is 52.7 Å². The number of aromatic nitrogens is 6. The van der Waals surface area contributed by atoms with E-state index in [1.165, 1.54) is 38.1 Å². The summed E-state index contributed by atoms with van der Waals surface area (Å²) in [5.41, 5.74) is 13.0. The SMILES string of the molecule is CC(C)(C)c1ccc2c(c1)c1ccccc1n2-c1nc(-c2ccccc2-n2c3ccccc3c3ccccc32)nc(-c2ccccc2-n2c3ccccc3c3cc(C(C)(C)C)ccc32)n1. The zero-order chi connectivity index (χ0) is 44.2. The molecule has 0 atom stereocenters. The summed E-state index contributed by atoms with van der Waals surface area (Å²) in [5, 5.41) is 7.15. The average Bonchev–Trinajstić information content (AvgIpc) is 3.96. The highest BCUT2D eigenvalue weighted by atomic mass is 15.2. The molecule has 314 valence electrons. The van der Waals surface area contributed by atoms with E-state index in [-0.39, 0.29) is 10.8 Å². The highest BCUT2D eigenvalue weighted by Gasteiger charge is 2.25. The Balaban J connectivity index is 1.17. The van der Waals surface area contributed by atoms with Crippen LogP contribution in [0.5, 0.6) is 0 Å². The molecule has 0 aliphatic rings. The Labute approximate surface area is 378 Å². The van der Waals surface area contributed by atoms with Gasteiger partial charge in [-0.05, 0) is 94.8 Å². The van der Waals surface area contributed by atoms with Crippen LogP contribution < -0.4 is 0 Å². The Kier molecular flexibility index (Phi) is 8.57. The van der Waals surface area contributed by atoms with E-state index in [0.29, 0.717) is 17.6 Å². The van der Waals surface area contributed by atoms with Gasteiger partial charge in [0.15, 0.2) is 11.6 Å². The van der Waals surface area contributed by atoms with Crippen LogP contribution in [0, 0.1) is 0 Å². The van der Waals surface area contributed by atoms with Gasteiger partial charge in [-0.2, -0.15) is 9.97 Å². The van der Waals surface area contributed by atoms with Gasteiger partial charge in [-0.25, -0.2) is 4.98 Å². The van der Waals surface area contributed by atoms with E-state index in [4.69, 9.17) is 15.0 Å². The first-order valence-corrected chi connectivity index (χ1v) is 22.5. The number of hydrogen-bond donors (Lipinski definition) is 0. The minimum absolute atomic E-state index is 0.00359. The maximum absolute atomic E-state index is 5.54. The van der Waals surface area contributed by atoms with Crippen LogP contribution in [0.4, 0.5) is 0 Å². The summed E-state index contributed by atoms with van der Waals surface area (Å²) >= 11 is 0. The van der Waals surface area contributed by atoms with Crippen molar-refractivity contribution in [3.05, 3.63) is 193 Å². The lowest BCUT2D eigenvalue weighted by Gasteiger charge is -2.19. The van der Waals surface area contributed by atoms with E-state index in [2.05, 4.69) is 237 Å². The third-order valence-corrected chi connectivity index (χ3v) is 13.3. The van der Waals surface area contributed by atoms with Gasteiger partial charge >= 0.3 is 0 Å². The summed E-state index contributed by atoms with van der Waals surface area (Å²) in [4.78, 5) is 16.6. The Morgan fingerprint density at radius 1 is 0.308 bits per heavy atom. The normalized spacial score (nSPS) is 12.5. The van der Waals surface area contributed by atoms with E-state index < -0.39 is 0 Å². The molecule has 0 saturated heterocycles. The predicted molar refractivity (Wildman–Crippen MR) is 271 cm³/mol. The number of hydrogen-bond acceptors (Lipinski definition) is 3. The fourth-order valence-corrected chi connectivity index (χ4v) is 9.96. The van der Waals surface area contributed by atoms with Crippen molar-refractivity contribution in [2.45, 2.75) is 52.4 Å². The second-order valence-electron chi connectivity index (χ2n) is 19.4. The third-order valence-electron chi connectivity index (χ3n) is 13.3. The number of nitrogens with zero attached hydrogens (tertiary/aromatic N) is 6. The second-order valence-corrected chi connectivity index (χ2v) is 19.4. The second kappa shape index (κ2) is 14.3. The van der Waals surface area contributed by atoms with Crippen molar-refractivity contribution in [1.29, 1.82) is 0 Å². The van der Waals surface area contributed by atoms with Gasteiger partial charge in [-0.1, -0.05) is 151 Å². The van der Waals surface area contributed by atoms with Crippen LogP contribution in [-0.4, -0.2) is 28.7 Å². The van der Waals surface area contributed by atoms with Gasteiger partial charge in [0.1, 0.15) is 0 Å². The largest absolute Gasteiger partial charge is 0.309 e. The van der Waals surface area contributed by atoms with Gasteiger partial charge in [0, 0.05) is 43.4 Å². The number of rotatable bonds is 5. The molecule has 0 unspecified atom stereocenters. The van der Waals surface area contributed by atoms with Crippen molar-refractivity contribution in [2.75, 3.05) is 0 Å². The van der Waals surface area contributed by atoms with E-state index in [0.717, 1.165) is 61.0 Å². The molecular weight excluding hydrogens is 793 g/mol. The molecule has 0 aliphatic carbocycles. The summed E-state index contributed by atoms with van der Waals surface area (Å²) in [5.74, 6) is 1.74. The van der Waals surface area contributed by atoms with Crippen LogP contribution in [0.2, 0.25) is 0 Å². The first-order chi connectivity index (χ1) is 31.5. The van der Waals surface area contributed by atoms with Crippen molar-refractivity contribution < 1.29 is 0 Å². The Morgan fingerprint density at radius 2 is 0.631 bits per heavy atom. The van der Waals surface area contributed by atoms with Gasteiger partial charge in [0.05, 0.1) is 44.5 Å². The van der Waals surface area contributed by atoms with Crippen molar-refractivity contribution in [2.24, 2.45) is 0 Å². The van der Waals surface area contributed by atoms with Crippen molar-refractivity contribution in [3.63, 3.8) is 0 Å². The molecule has 0 bridgehead atoms. The predicted octanol–water partition coefficient (Wildman–Crippen LogP) is 15.1. The molecular formula is C59H48N6. The lowest BCUT2D eigenvalue weighted by atomic mass is 9.86. The summed E-state index contributed by atoms with van der Waals surface area (Å²) in [6, 6.07) is 65.5. The Hall–Kier alpha value is -7.83. The third kappa shape index (κ3) is 6.12. The Bertz CT molecular complexity index is 3810. The van der Waals surface area contributed by atoms with Crippen LogP contribution in [0.3, 0.4) is 0 Å². The first kappa shape index (κ1) is 38.8. The molecule has 0 fully saturated rings. The van der Waals surface area contributed by atoms with E-state index in [9.17, 15) is 0 Å². The molecule has 0 amide bonds. The molecule has 0 spiro atoms. The van der Waals surface area contributed by atoms with Gasteiger partial charge < -0.3 is 9.13 Å². The highest BCUT2D eigenvalue weighted by molar-refractivity contribution is 6.12. The van der Waals surface area contributed by atoms with Crippen LogP contribution >= 0.6 is 0 Å². The summed E-state index contributed by atoms with van der Waals surface area (Å²) in [6.07, 6.45) is 0. The average molecular weight is 841 g/mol. The van der Waals surface area contributed by atoms with Crippen molar-refractivity contribution in [3.8, 4) is 40.1 Å². The topological polar surface area (TPSA) is 53.5 Å². The minimum atomic E-state index is -0.0216. The van der Waals surface area contributed by atoms with Crippen LogP contribution in [-0.2, 0) is 10.8 Å². The van der Waals surface area contributed by atoms with Gasteiger partial charge in [0.2, 0.25) is 5.95 Å². The molecule has 4 aromatic heterocycles. The quantitative estimate of drug-likeness (QED) is 0.173. The zero-order valence-corrected chi connectivity index (χ0v) is 37.5. The highest BCUT2D eigenvalue weighted by Crippen LogP contribution is 2.41. The van der Waals surface area contributed by atoms with Gasteiger partial charge in [-0.15, -0.1) is 0 Å². The zero-order valence-electron chi connectivity index (χ0n) is 37.5. The minimum Gasteiger partial charge on any atom is -0.309 e. The van der Waals surface area contributed by atoms with Crippen LogP contribution in [0.25, 0.3) is 106 Å². The van der Waals surface area contributed by atoms with E-state index in [1.807, 2.05) is 0 Å². The molecule has 12 rings (SSSR count). The smallest absolute Gasteiger partial charge is 0.238 e. The standard InChI is InChI=1S/C59H48N6/c1-58(2,3)37-31-33-53-45(35-37)41-21-9-15-27-49(41)64(53)52-30-18-12-24-44(52)56-60-55(43-23-11-17-29-51(43)63-47-25-13-7-19-39(47)40-20-8-14-26-48(40)63)61-57(62-56)65-50-28-16-10-22-42(50)46-36-38(59(4,5)6)32-34-54(46)65/h7-36H,1-6H3. The first-order valence-electron chi connectivity index (χ1n) is 22.5. The van der Waals surface area contributed by atoms with Crippen LogP contribution in [0.15, 0.2) is 182 Å². The number of para-hydroxylation sites is 6. The molecule has 12 aromatic rings. The summed E-state index contributed by atoms with van der Waals surface area (Å²) < 4.78 is 6.97. The molecule has 0 aliphatic heterocycles. The lowest BCUT2D eigenvalue weighted by molar-refractivity contribution is 0.591. The molecule has 0 radical (unpaired) electrons. The van der Waals surface area contributed by atoms with Gasteiger partial charge in [0.25, 0.3) is 0 Å². The maximum Gasteiger partial charge on any atom is 0.238 e. The molecule has 4 heterocycles. The monoisotopic (exact) mass is 840 g/mol. The number of benzene rings is 8. The molecule has 6 heteroatoms. The molecule has 8 aromatic carbocycles. The fraction of sp³-hybridized carbons (Fsp3) is 0.136. The Morgan fingerprint density at radius 3 is 1.05 bits per heavy atom.